The Labute approximate surface area is 119 Å². The monoisotopic (exact) mass is 288 g/mol. The number of rotatable bonds is 2. The third-order valence-electron chi connectivity index (χ3n) is 2.49. The van der Waals surface area contributed by atoms with Crippen LogP contribution in [-0.2, 0) is 0 Å². The summed E-state index contributed by atoms with van der Waals surface area (Å²) in [6.45, 7) is 0. The molecule has 0 atom stereocenters. The highest BCUT2D eigenvalue weighted by atomic mass is 35.5. The van der Waals surface area contributed by atoms with Gasteiger partial charge in [0.2, 0.25) is 5.95 Å². The average molecular weight is 289 g/mol. The Hall–Kier alpha value is -1.85. The first-order valence-corrected chi connectivity index (χ1v) is 6.73. The first kappa shape index (κ1) is 12.2. The molecule has 6 heteroatoms. The molecule has 2 aromatic heterocycles. The van der Waals surface area contributed by atoms with Crippen LogP contribution in [0.3, 0.4) is 0 Å². The van der Waals surface area contributed by atoms with Gasteiger partial charge >= 0.3 is 0 Å². The van der Waals surface area contributed by atoms with E-state index in [0.717, 1.165) is 21.0 Å². The topological polar surface area (TPSA) is 64.7 Å². The summed E-state index contributed by atoms with van der Waals surface area (Å²) < 4.78 is 0. The van der Waals surface area contributed by atoms with Gasteiger partial charge in [-0.3, -0.25) is 0 Å². The summed E-state index contributed by atoms with van der Waals surface area (Å²) in [4.78, 5) is 12.7. The first-order valence-electron chi connectivity index (χ1n) is 5.54. The number of pyridine rings is 1. The molecular formula is C13H9ClN4S. The summed E-state index contributed by atoms with van der Waals surface area (Å²) >= 11 is 7.26. The lowest BCUT2D eigenvalue weighted by molar-refractivity contribution is 1.09. The molecule has 0 saturated heterocycles. The summed E-state index contributed by atoms with van der Waals surface area (Å²) in [5, 5.41) is 3.17. The minimum absolute atomic E-state index is 0.259. The van der Waals surface area contributed by atoms with Crippen molar-refractivity contribution in [2.75, 3.05) is 5.73 Å². The van der Waals surface area contributed by atoms with Crippen LogP contribution >= 0.6 is 23.4 Å². The van der Waals surface area contributed by atoms with E-state index in [4.69, 9.17) is 17.3 Å². The first-order chi connectivity index (χ1) is 9.22. The van der Waals surface area contributed by atoms with Crippen molar-refractivity contribution < 1.29 is 0 Å². The molecule has 3 aromatic rings. The zero-order chi connectivity index (χ0) is 13.2. The van der Waals surface area contributed by atoms with E-state index in [-0.39, 0.29) is 5.95 Å². The number of nitrogens with two attached hydrogens (primary N) is 1. The molecule has 94 valence electrons. The molecule has 0 saturated carbocycles. The number of benzene rings is 1. The van der Waals surface area contributed by atoms with Crippen LogP contribution in [0.25, 0.3) is 10.9 Å². The molecule has 0 fully saturated rings. The Morgan fingerprint density at radius 3 is 2.68 bits per heavy atom. The quantitative estimate of drug-likeness (QED) is 0.732. The molecule has 0 aliphatic heterocycles. The van der Waals surface area contributed by atoms with Crippen LogP contribution in [0.15, 0.2) is 52.6 Å². The van der Waals surface area contributed by atoms with Crippen molar-refractivity contribution in [1.29, 1.82) is 0 Å². The van der Waals surface area contributed by atoms with Crippen LogP contribution in [-0.4, -0.2) is 15.0 Å². The Morgan fingerprint density at radius 1 is 1.05 bits per heavy atom. The van der Waals surface area contributed by atoms with E-state index >= 15 is 0 Å². The van der Waals surface area contributed by atoms with E-state index in [1.807, 2.05) is 30.3 Å². The van der Waals surface area contributed by atoms with Crippen LogP contribution in [0.5, 0.6) is 0 Å². The highest BCUT2D eigenvalue weighted by molar-refractivity contribution is 7.99. The van der Waals surface area contributed by atoms with Gasteiger partial charge in [-0.05, 0) is 30.0 Å². The minimum Gasteiger partial charge on any atom is -0.368 e. The Morgan fingerprint density at radius 2 is 1.89 bits per heavy atom. The van der Waals surface area contributed by atoms with Gasteiger partial charge in [0, 0.05) is 11.6 Å². The van der Waals surface area contributed by atoms with Gasteiger partial charge in [-0.25, -0.2) is 15.0 Å². The van der Waals surface area contributed by atoms with Crippen molar-refractivity contribution in [1.82, 2.24) is 15.0 Å². The van der Waals surface area contributed by atoms with Crippen molar-refractivity contribution in [3.63, 3.8) is 0 Å². The van der Waals surface area contributed by atoms with Crippen molar-refractivity contribution in [2.24, 2.45) is 0 Å². The number of halogens is 1. The number of fused-ring (bicyclic) bond motifs is 1. The smallest absolute Gasteiger partial charge is 0.221 e. The SMILES string of the molecule is Nc1nc(Sc2ccc(Cl)cn2)c2ccccc2n1. The molecule has 19 heavy (non-hydrogen) atoms. The Bertz CT molecular complexity index is 730. The van der Waals surface area contributed by atoms with E-state index < -0.39 is 0 Å². The van der Waals surface area contributed by atoms with Crippen LogP contribution in [0.4, 0.5) is 5.95 Å². The minimum atomic E-state index is 0.259. The highest BCUT2D eigenvalue weighted by Crippen LogP contribution is 2.30. The van der Waals surface area contributed by atoms with E-state index in [9.17, 15) is 0 Å². The van der Waals surface area contributed by atoms with Gasteiger partial charge in [0.05, 0.1) is 10.5 Å². The van der Waals surface area contributed by atoms with Crippen molar-refractivity contribution in [2.45, 2.75) is 10.1 Å². The maximum atomic E-state index is 5.82. The molecule has 0 radical (unpaired) electrons. The Balaban J connectivity index is 2.07. The molecule has 2 N–H and O–H groups in total. The van der Waals surface area contributed by atoms with Crippen molar-refractivity contribution in [3.05, 3.63) is 47.6 Å². The lowest BCUT2D eigenvalue weighted by Gasteiger charge is -2.05. The van der Waals surface area contributed by atoms with Crippen LogP contribution < -0.4 is 5.73 Å². The van der Waals surface area contributed by atoms with Crippen molar-refractivity contribution >= 4 is 40.2 Å². The fourth-order valence-electron chi connectivity index (χ4n) is 1.66. The molecule has 0 spiro atoms. The summed E-state index contributed by atoms with van der Waals surface area (Å²) in [5.74, 6) is 0.259. The normalized spacial score (nSPS) is 10.8. The van der Waals surface area contributed by atoms with Gasteiger partial charge in [0.15, 0.2) is 0 Å². The molecule has 0 amide bonds. The lowest BCUT2D eigenvalue weighted by Crippen LogP contribution is -1.97. The number of aromatic nitrogens is 3. The molecule has 0 bridgehead atoms. The third-order valence-corrected chi connectivity index (χ3v) is 3.67. The highest BCUT2D eigenvalue weighted by Gasteiger charge is 2.08. The molecule has 1 aromatic carbocycles. The van der Waals surface area contributed by atoms with E-state index in [1.54, 1.807) is 12.3 Å². The van der Waals surface area contributed by atoms with Crippen molar-refractivity contribution in [3.8, 4) is 0 Å². The fourth-order valence-corrected chi connectivity index (χ4v) is 2.64. The molecule has 0 aliphatic carbocycles. The van der Waals surface area contributed by atoms with E-state index in [2.05, 4.69) is 15.0 Å². The summed E-state index contributed by atoms with van der Waals surface area (Å²) in [5.41, 5.74) is 6.55. The van der Waals surface area contributed by atoms with Crippen LogP contribution in [0, 0.1) is 0 Å². The third kappa shape index (κ3) is 2.62. The van der Waals surface area contributed by atoms with Gasteiger partial charge in [-0.15, -0.1) is 0 Å². The number of hydrogen-bond acceptors (Lipinski definition) is 5. The number of nitrogens with zero attached hydrogens (tertiary/aromatic N) is 3. The van der Waals surface area contributed by atoms with E-state index in [1.165, 1.54) is 11.8 Å². The van der Waals surface area contributed by atoms with Crippen LogP contribution in [0.2, 0.25) is 5.02 Å². The second-order valence-corrected chi connectivity index (χ2v) is 5.27. The zero-order valence-electron chi connectivity index (χ0n) is 9.75. The fraction of sp³-hybridized carbons (Fsp3) is 0. The second kappa shape index (κ2) is 5.03. The van der Waals surface area contributed by atoms with Gasteiger partial charge in [0.1, 0.15) is 10.1 Å². The van der Waals surface area contributed by atoms with Gasteiger partial charge < -0.3 is 5.73 Å². The number of para-hydroxylation sites is 1. The van der Waals surface area contributed by atoms with Crippen LogP contribution in [0.1, 0.15) is 0 Å². The molecule has 3 rings (SSSR count). The standard InChI is InChI=1S/C13H9ClN4S/c14-8-5-6-11(16-7-8)19-12-9-3-1-2-4-10(9)17-13(15)18-12/h1-7H,(H2,15,17,18). The molecule has 0 unspecified atom stereocenters. The maximum absolute atomic E-state index is 5.82. The van der Waals surface area contributed by atoms with Gasteiger partial charge in [0.25, 0.3) is 0 Å². The molecular weight excluding hydrogens is 280 g/mol. The zero-order valence-corrected chi connectivity index (χ0v) is 11.3. The average Bonchev–Trinajstić information content (AvgIpc) is 2.41. The van der Waals surface area contributed by atoms with Gasteiger partial charge in [-0.2, -0.15) is 0 Å². The summed E-state index contributed by atoms with van der Waals surface area (Å²) in [6, 6.07) is 11.4. The largest absolute Gasteiger partial charge is 0.368 e. The predicted octanol–water partition coefficient (Wildman–Crippen LogP) is 3.41. The second-order valence-electron chi connectivity index (χ2n) is 3.82. The Kier molecular flexibility index (Phi) is 3.23. The maximum Gasteiger partial charge on any atom is 0.221 e. The summed E-state index contributed by atoms with van der Waals surface area (Å²) in [7, 11) is 0. The lowest BCUT2D eigenvalue weighted by atomic mass is 10.2. The molecule has 4 nitrogen and oxygen atoms in total. The number of nitrogen functional groups attached to an aromatic ring is 1. The van der Waals surface area contributed by atoms with Gasteiger partial charge in [-0.1, -0.05) is 29.8 Å². The summed E-state index contributed by atoms with van der Waals surface area (Å²) in [6.07, 6.45) is 1.61. The van der Waals surface area contributed by atoms with E-state index in [0.29, 0.717) is 5.02 Å². The molecule has 2 heterocycles. The molecule has 0 aliphatic rings. The number of hydrogen-bond donors (Lipinski definition) is 1. The predicted molar refractivity (Wildman–Crippen MR) is 77.3 cm³/mol. The number of anilines is 1.